The highest BCUT2D eigenvalue weighted by molar-refractivity contribution is 9.09. The minimum Gasteiger partial charge on any atom is -0.369 e. The molecule has 1 aromatic rings. The van der Waals surface area contributed by atoms with E-state index < -0.39 is 11.7 Å². The van der Waals surface area contributed by atoms with Gasteiger partial charge in [-0.2, -0.15) is 13.2 Å². The van der Waals surface area contributed by atoms with Crippen LogP contribution in [0.3, 0.4) is 0 Å². The van der Waals surface area contributed by atoms with Gasteiger partial charge in [0.25, 0.3) is 0 Å². The van der Waals surface area contributed by atoms with Gasteiger partial charge in [-0.1, -0.05) is 31.9 Å². The van der Waals surface area contributed by atoms with Crippen LogP contribution in [0.5, 0.6) is 0 Å². The van der Waals surface area contributed by atoms with E-state index in [0.717, 1.165) is 6.07 Å². The van der Waals surface area contributed by atoms with Crippen LogP contribution in [0.4, 0.5) is 18.9 Å². The van der Waals surface area contributed by atoms with Crippen LogP contribution in [0.15, 0.2) is 18.2 Å². The second-order valence-corrected chi connectivity index (χ2v) is 5.34. The van der Waals surface area contributed by atoms with Gasteiger partial charge in [0.1, 0.15) is 6.29 Å². The number of carbonyl (C=O) groups is 1. The molecule has 0 saturated carbocycles. The van der Waals surface area contributed by atoms with Gasteiger partial charge in [0.15, 0.2) is 0 Å². The SMILES string of the molecule is O=Cc1ccc(N(CCBr)CCBr)c(C(F)(F)F)c1. The summed E-state index contributed by atoms with van der Waals surface area (Å²) in [5, 5.41) is 1.12. The summed E-state index contributed by atoms with van der Waals surface area (Å²) >= 11 is 6.45. The second-order valence-electron chi connectivity index (χ2n) is 3.76. The van der Waals surface area contributed by atoms with Gasteiger partial charge in [-0.15, -0.1) is 0 Å². The molecule has 106 valence electrons. The molecule has 0 atom stereocenters. The highest BCUT2D eigenvalue weighted by Crippen LogP contribution is 2.37. The van der Waals surface area contributed by atoms with Gasteiger partial charge in [-0.05, 0) is 18.2 Å². The fraction of sp³-hybridized carbons (Fsp3) is 0.417. The number of carbonyl (C=O) groups excluding carboxylic acids is 1. The molecule has 0 heterocycles. The van der Waals surface area contributed by atoms with Crippen LogP contribution in [0, 0.1) is 0 Å². The Kier molecular flexibility index (Phi) is 6.32. The van der Waals surface area contributed by atoms with Crippen LogP contribution in [0.1, 0.15) is 15.9 Å². The molecule has 0 bridgehead atoms. The smallest absolute Gasteiger partial charge is 0.369 e. The van der Waals surface area contributed by atoms with Crippen molar-refractivity contribution in [1.82, 2.24) is 0 Å². The van der Waals surface area contributed by atoms with Crippen molar-refractivity contribution >= 4 is 43.8 Å². The summed E-state index contributed by atoms with van der Waals surface area (Å²) in [6, 6.07) is 3.63. The average molecular weight is 403 g/mol. The molecule has 0 aromatic heterocycles. The minimum atomic E-state index is -4.48. The predicted molar refractivity (Wildman–Crippen MR) is 76.6 cm³/mol. The lowest BCUT2D eigenvalue weighted by Crippen LogP contribution is -2.29. The summed E-state index contributed by atoms with van der Waals surface area (Å²) in [5.41, 5.74) is -0.662. The van der Waals surface area contributed by atoms with Crippen LogP contribution in [-0.4, -0.2) is 30.0 Å². The van der Waals surface area contributed by atoms with E-state index in [-0.39, 0.29) is 11.3 Å². The molecule has 0 amide bonds. The van der Waals surface area contributed by atoms with Crippen LogP contribution in [0.2, 0.25) is 0 Å². The number of benzene rings is 1. The first-order valence-corrected chi connectivity index (χ1v) is 7.71. The molecule has 0 fully saturated rings. The fourth-order valence-corrected chi connectivity index (χ4v) is 2.54. The molecule has 1 aromatic carbocycles. The molecule has 7 heteroatoms. The number of halogens is 5. The highest BCUT2D eigenvalue weighted by Gasteiger charge is 2.35. The van der Waals surface area contributed by atoms with E-state index in [0.29, 0.717) is 30.0 Å². The zero-order valence-corrected chi connectivity index (χ0v) is 13.1. The normalized spacial score (nSPS) is 11.4. The lowest BCUT2D eigenvalue weighted by Gasteiger charge is -2.26. The second kappa shape index (κ2) is 7.28. The highest BCUT2D eigenvalue weighted by atomic mass is 79.9. The molecule has 0 aliphatic heterocycles. The van der Waals surface area contributed by atoms with Crippen LogP contribution < -0.4 is 4.90 Å². The summed E-state index contributed by atoms with van der Waals surface area (Å²) in [7, 11) is 0. The minimum absolute atomic E-state index is 0.0220. The quantitative estimate of drug-likeness (QED) is 0.527. The summed E-state index contributed by atoms with van der Waals surface area (Å²) in [6.07, 6.45) is -4.07. The molecule has 0 aliphatic rings. The number of aldehydes is 1. The van der Waals surface area contributed by atoms with Gasteiger partial charge in [0.2, 0.25) is 0 Å². The standard InChI is InChI=1S/C12H12Br2F3NO/c13-3-5-18(6-4-14)11-2-1-9(8-19)7-10(11)12(15,16)17/h1-2,7-8H,3-6H2. The topological polar surface area (TPSA) is 20.3 Å². The van der Waals surface area contributed by atoms with E-state index >= 15 is 0 Å². The zero-order chi connectivity index (χ0) is 14.5. The van der Waals surface area contributed by atoms with Crippen molar-refractivity contribution in [2.75, 3.05) is 28.6 Å². The van der Waals surface area contributed by atoms with Crippen molar-refractivity contribution in [3.8, 4) is 0 Å². The van der Waals surface area contributed by atoms with Crippen LogP contribution in [-0.2, 0) is 6.18 Å². The van der Waals surface area contributed by atoms with Gasteiger partial charge in [-0.3, -0.25) is 4.79 Å². The maximum atomic E-state index is 13.0. The van der Waals surface area contributed by atoms with Crippen molar-refractivity contribution in [3.05, 3.63) is 29.3 Å². The van der Waals surface area contributed by atoms with Gasteiger partial charge in [0, 0.05) is 35.0 Å². The number of nitrogens with zero attached hydrogens (tertiary/aromatic N) is 1. The molecular formula is C12H12Br2F3NO. The predicted octanol–water partition coefficient (Wildman–Crippen LogP) is 4.11. The number of hydrogen-bond donors (Lipinski definition) is 0. The summed E-state index contributed by atoms with van der Waals surface area (Å²) in [6.45, 7) is 0.907. The van der Waals surface area contributed by atoms with Gasteiger partial charge >= 0.3 is 6.18 Å². The summed E-state index contributed by atoms with van der Waals surface area (Å²) < 4.78 is 39.1. The van der Waals surface area contributed by atoms with E-state index in [9.17, 15) is 18.0 Å². The fourth-order valence-electron chi connectivity index (χ4n) is 1.69. The van der Waals surface area contributed by atoms with Gasteiger partial charge in [0.05, 0.1) is 5.56 Å². The van der Waals surface area contributed by atoms with Crippen molar-refractivity contribution < 1.29 is 18.0 Å². The van der Waals surface area contributed by atoms with E-state index in [2.05, 4.69) is 31.9 Å². The van der Waals surface area contributed by atoms with Crippen molar-refractivity contribution in [2.45, 2.75) is 6.18 Å². The number of anilines is 1. The lowest BCUT2D eigenvalue weighted by molar-refractivity contribution is -0.137. The Morgan fingerprint density at radius 1 is 1.16 bits per heavy atom. The first-order chi connectivity index (χ1) is 8.93. The largest absolute Gasteiger partial charge is 0.418 e. The average Bonchev–Trinajstić information content (AvgIpc) is 2.37. The van der Waals surface area contributed by atoms with Crippen LogP contribution in [0.25, 0.3) is 0 Å². The van der Waals surface area contributed by atoms with E-state index in [1.807, 2.05) is 0 Å². The molecule has 0 radical (unpaired) electrons. The Bertz CT molecular complexity index is 431. The molecule has 1 rings (SSSR count). The van der Waals surface area contributed by atoms with E-state index in [1.54, 1.807) is 4.90 Å². The molecule has 0 unspecified atom stereocenters. The number of alkyl halides is 5. The maximum absolute atomic E-state index is 13.0. The maximum Gasteiger partial charge on any atom is 0.418 e. The molecular weight excluding hydrogens is 391 g/mol. The Morgan fingerprint density at radius 3 is 2.16 bits per heavy atom. The molecule has 0 aliphatic carbocycles. The Balaban J connectivity index is 3.27. The summed E-state index contributed by atoms with van der Waals surface area (Å²) in [4.78, 5) is 12.2. The van der Waals surface area contributed by atoms with E-state index in [1.165, 1.54) is 12.1 Å². The van der Waals surface area contributed by atoms with E-state index in [4.69, 9.17) is 0 Å². The Hall–Kier alpha value is -0.560. The van der Waals surface area contributed by atoms with Crippen molar-refractivity contribution in [3.63, 3.8) is 0 Å². The van der Waals surface area contributed by atoms with Gasteiger partial charge < -0.3 is 4.90 Å². The molecule has 19 heavy (non-hydrogen) atoms. The Morgan fingerprint density at radius 2 is 1.74 bits per heavy atom. The molecule has 0 saturated heterocycles. The molecule has 0 spiro atoms. The molecule has 2 nitrogen and oxygen atoms in total. The van der Waals surface area contributed by atoms with Crippen molar-refractivity contribution in [2.24, 2.45) is 0 Å². The third kappa shape index (κ3) is 4.49. The first kappa shape index (κ1) is 16.5. The van der Waals surface area contributed by atoms with Gasteiger partial charge in [-0.25, -0.2) is 0 Å². The van der Waals surface area contributed by atoms with Crippen molar-refractivity contribution in [1.29, 1.82) is 0 Å². The molecule has 0 N–H and O–H groups in total. The number of hydrogen-bond acceptors (Lipinski definition) is 2. The first-order valence-electron chi connectivity index (χ1n) is 5.47. The Labute approximate surface area is 126 Å². The third-order valence-electron chi connectivity index (χ3n) is 2.51. The summed E-state index contributed by atoms with van der Waals surface area (Å²) in [5.74, 6) is 0. The zero-order valence-electron chi connectivity index (χ0n) is 9.88. The van der Waals surface area contributed by atoms with Crippen LogP contribution >= 0.6 is 31.9 Å². The lowest BCUT2D eigenvalue weighted by atomic mass is 10.1. The monoisotopic (exact) mass is 401 g/mol. The third-order valence-corrected chi connectivity index (χ3v) is 3.22. The number of rotatable bonds is 6.